The number of hydrogen-bond acceptors (Lipinski definition) is 1. The first-order valence-electron chi connectivity index (χ1n) is 8.87. The van der Waals surface area contributed by atoms with E-state index >= 15 is 0 Å². The number of rotatable bonds is 6. The maximum Gasteiger partial charge on any atom is 0.123 e. The van der Waals surface area contributed by atoms with Crippen LogP contribution in [0.2, 0.25) is 0 Å². The van der Waals surface area contributed by atoms with Crippen molar-refractivity contribution in [2.24, 2.45) is 0 Å². The van der Waals surface area contributed by atoms with Gasteiger partial charge in [0.15, 0.2) is 0 Å². The van der Waals surface area contributed by atoms with Gasteiger partial charge in [-0.25, -0.2) is 0 Å². The molecule has 2 fully saturated rings. The molecular weight excluding hydrogens is 417 g/mol. The van der Waals surface area contributed by atoms with Crippen LogP contribution in [0.15, 0.2) is 24.3 Å². The Kier molecular flexibility index (Phi) is 7.89. The van der Waals surface area contributed by atoms with Crippen LogP contribution in [0.3, 0.4) is 0 Å². The van der Waals surface area contributed by atoms with Gasteiger partial charge in [-0.3, -0.25) is 0 Å². The third kappa shape index (κ3) is 3.98. The van der Waals surface area contributed by atoms with Crippen molar-refractivity contribution in [3.05, 3.63) is 29.9 Å². The van der Waals surface area contributed by atoms with E-state index in [1.54, 1.807) is 0 Å². The molecule has 3 rings (SSSR count). The van der Waals surface area contributed by atoms with Gasteiger partial charge in [-0.05, 0) is 70.4 Å². The molecule has 1 aromatic carbocycles. The number of benzene rings is 1. The predicted molar refractivity (Wildman–Crippen MR) is 98.8 cm³/mol. The summed E-state index contributed by atoms with van der Waals surface area (Å²) in [6.45, 7) is 2.78. The second-order valence-electron chi connectivity index (χ2n) is 6.74. The van der Waals surface area contributed by atoms with E-state index in [1.165, 1.54) is 56.7 Å². The van der Waals surface area contributed by atoms with E-state index in [1.807, 2.05) is 0 Å². The Morgan fingerprint density at radius 3 is 2.13 bits per heavy atom. The largest absolute Gasteiger partial charge is 0.494 e. The minimum absolute atomic E-state index is 0. The molecule has 0 aromatic heterocycles. The molecule has 0 radical (unpaired) electrons. The molecule has 1 nitrogen and oxygen atoms in total. The van der Waals surface area contributed by atoms with Gasteiger partial charge in [0.25, 0.3) is 0 Å². The van der Waals surface area contributed by atoms with Crippen LogP contribution < -0.4 is 10.0 Å². The summed E-state index contributed by atoms with van der Waals surface area (Å²) >= 11 is 6.63. The first kappa shape index (κ1) is 19.7. The monoisotopic (exact) mass is 444 g/mol. The Hall–Kier alpha value is 0.402. The minimum atomic E-state index is -1.41. The SMILES string of the molecule is CCOc1cccc([P+]([CH-]Cl)(C2CCCC2)C2CCCC2)c1.[Pd]. The molecule has 132 valence electrons. The van der Waals surface area contributed by atoms with Crippen LogP contribution in [0.4, 0.5) is 0 Å². The maximum absolute atomic E-state index is 6.63. The molecule has 0 N–H and O–H groups in total. The van der Waals surface area contributed by atoms with Crippen LogP contribution in [0.1, 0.15) is 58.3 Å². The van der Waals surface area contributed by atoms with Crippen molar-refractivity contribution in [3.8, 4) is 5.75 Å². The molecule has 2 aliphatic rings. The van der Waals surface area contributed by atoms with Gasteiger partial charge in [0.2, 0.25) is 0 Å². The van der Waals surface area contributed by atoms with Crippen molar-refractivity contribution in [1.82, 2.24) is 0 Å². The van der Waals surface area contributed by atoms with E-state index in [0.29, 0.717) is 0 Å². The van der Waals surface area contributed by atoms with Crippen LogP contribution in [-0.2, 0) is 20.4 Å². The van der Waals surface area contributed by atoms with Crippen molar-refractivity contribution >= 4 is 24.2 Å². The summed E-state index contributed by atoms with van der Waals surface area (Å²) in [5.41, 5.74) is 3.76. The Morgan fingerprint density at radius 1 is 1.09 bits per heavy atom. The fraction of sp³-hybridized carbons (Fsp3) is 0.632. The Morgan fingerprint density at radius 2 is 1.65 bits per heavy atom. The van der Waals surface area contributed by atoms with Gasteiger partial charge < -0.3 is 16.3 Å². The molecule has 0 bridgehead atoms. The van der Waals surface area contributed by atoms with Crippen LogP contribution in [0.25, 0.3) is 0 Å². The van der Waals surface area contributed by atoms with Gasteiger partial charge in [0.05, 0.1) is 11.9 Å². The molecule has 2 saturated carbocycles. The molecule has 4 heteroatoms. The summed E-state index contributed by atoms with van der Waals surface area (Å²) in [7, 11) is -1.41. The van der Waals surface area contributed by atoms with E-state index in [4.69, 9.17) is 16.3 Å². The van der Waals surface area contributed by atoms with Crippen molar-refractivity contribution in [2.75, 3.05) is 6.61 Å². The summed E-state index contributed by atoms with van der Waals surface area (Å²) in [5.74, 6) is 1.01. The normalized spacial score (nSPS) is 19.7. The number of hydrogen-bond donors (Lipinski definition) is 0. The zero-order chi connectivity index (χ0) is 15.4. The standard InChI is InChI=1S/C19H28ClOP.Pd/c1-2-21-16-8-7-13-19(14-16)22(15-20,17-9-3-4-10-17)18-11-5-6-12-18;/h7-8,13-15,17-18H,2-6,9-12H2,1H3;. The fourth-order valence-corrected chi connectivity index (χ4v) is 10.9. The second-order valence-corrected chi connectivity index (χ2v) is 11.2. The van der Waals surface area contributed by atoms with Gasteiger partial charge in [-0.1, -0.05) is 18.9 Å². The van der Waals surface area contributed by atoms with Gasteiger partial charge in [0.1, 0.15) is 5.75 Å². The van der Waals surface area contributed by atoms with Crippen LogP contribution in [0, 0.1) is 5.62 Å². The number of ether oxygens (including phenoxy) is 1. The van der Waals surface area contributed by atoms with Crippen LogP contribution in [-0.4, -0.2) is 17.9 Å². The van der Waals surface area contributed by atoms with E-state index in [-0.39, 0.29) is 20.4 Å². The Balaban J connectivity index is 0.00000192. The Labute approximate surface area is 160 Å². The van der Waals surface area contributed by atoms with Gasteiger partial charge in [-0.15, -0.1) is 0 Å². The molecule has 0 spiro atoms. The van der Waals surface area contributed by atoms with Gasteiger partial charge >= 0.3 is 0 Å². The van der Waals surface area contributed by atoms with E-state index in [2.05, 4.69) is 36.8 Å². The van der Waals surface area contributed by atoms with Gasteiger partial charge in [-0.2, -0.15) is 0 Å². The topological polar surface area (TPSA) is 9.23 Å². The zero-order valence-electron chi connectivity index (χ0n) is 14.0. The molecule has 0 saturated heterocycles. The molecule has 0 unspecified atom stereocenters. The van der Waals surface area contributed by atoms with E-state index in [9.17, 15) is 0 Å². The zero-order valence-corrected chi connectivity index (χ0v) is 17.2. The molecular formula is C19H28ClOPPd. The summed E-state index contributed by atoms with van der Waals surface area (Å²) in [4.78, 5) is 0. The average molecular weight is 445 g/mol. The van der Waals surface area contributed by atoms with Crippen molar-refractivity contribution in [3.63, 3.8) is 0 Å². The molecule has 0 atom stereocenters. The summed E-state index contributed by atoms with van der Waals surface area (Å²) in [6, 6.07) is 8.87. The molecule has 0 aliphatic heterocycles. The van der Waals surface area contributed by atoms with Gasteiger partial charge in [0, 0.05) is 37.8 Å². The molecule has 2 aliphatic carbocycles. The first-order valence-corrected chi connectivity index (χ1v) is 11.3. The smallest absolute Gasteiger partial charge is 0.123 e. The second kappa shape index (κ2) is 9.20. The third-order valence-electron chi connectivity index (χ3n) is 5.60. The van der Waals surface area contributed by atoms with E-state index in [0.717, 1.165) is 23.7 Å². The predicted octanol–water partition coefficient (Wildman–Crippen LogP) is 5.97. The molecule has 1 aromatic rings. The first-order chi connectivity index (χ1) is 10.8. The summed E-state index contributed by atoms with van der Waals surface area (Å²) in [6.07, 6.45) is 11.0. The van der Waals surface area contributed by atoms with Crippen LogP contribution >= 0.6 is 18.9 Å². The quantitative estimate of drug-likeness (QED) is 0.298. The number of halogens is 1. The Bertz CT molecular complexity index is 468. The van der Waals surface area contributed by atoms with E-state index < -0.39 is 7.26 Å². The van der Waals surface area contributed by atoms with Crippen molar-refractivity contribution < 1.29 is 25.2 Å². The van der Waals surface area contributed by atoms with Crippen molar-refractivity contribution in [1.29, 1.82) is 0 Å². The molecule has 0 heterocycles. The fourth-order valence-electron chi connectivity index (χ4n) is 4.58. The maximum atomic E-state index is 6.63. The summed E-state index contributed by atoms with van der Waals surface area (Å²) < 4.78 is 5.77. The average Bonchev–Trinajstić information content (AvgIpc) is 3.23. The van der Waals surface area contributed by atoms with Crippen LogP contribution in [0.5, 0.6) is 5.75 Å². The molecule has 0 amide bonds. The summed E-state index contributed by atoms with van der Waals surface area (Å²) in [5, 5.41) is 1.49. The molecule has 23 heavy (non-hydrogen) atoms. The minimum Gasteiger partial charge on any atom is -0.494 e. The van der Waals surface area contributed by atoms with Crippen molar-refractivity contribution in [2.45, 2.75) is 69.6 Å². The third-order valence-corrected chi connectivity index (χ3v) is 11.5.